The van der Waals surface area contributed by atoms with E-state index < -0.39 is 0 Å². The van der Waals surface area contributed by atoms with E-state index in [1.807, 2.05) is 0 Å². The first kappa shape index (κ1) is 10.3. The topological polar surface area (TPSA) is 26.0 Å². The van der Waals surface area contributed by atoms with Gasteiger partial charge in [-0.05, 0) is 23.5 Å². The average Bonchev–Trinajstić information content (AvgIpc) is 2.18. The lowest BCUT2D eigenvalue weighted by Crippen LogP contribution is -1.97. The molecule has 0 saturated carbocycles. The third-order valence-electron chi connectivity index (χ3n) is 2.51. The molecule has 13 heavy (non-hydrogen) atoms. The van der Waals surface area contributed by atoms with Gasteiger partial charge in [0.15, 0.2) is 0 Å². The molecule has 0 aliphatic carbocycles. The van der Waals surface area contributed by atoms with Gasteiger partial charge >= 0.3 is 0 Å². The van der Waals surface area contributed by atoms with E-state index in [0.717, 1.165) is 0 Å². The molecule has 2 N–H and O–H groups in total. The minimum Gasteiger partial charge on any atom is -0.326 e. The van der Waals surface area contributed by atoms with Gasteiger partial charge in [-0.15, -0.1) is 0 Å². The predicted octanol–water partition coefficient (Wildman–Crippen LogP) is 3.05. The molecule has 1 atom stereocenters. The second kappa shape index (κ2) is 5.03. The van der Waals surface area contributed by atoms with E-state index in [1.165, 1.54) is 24.0 Å². The molecule has 0 amide bonds. The van der Waals surface area contributed by atoms with Crippen molar-refractivity contribution in [3.05, 3.63) is 35.4 Å². The molecule has 72 valence electrons. The molecule has 1 heteroatoms. The molecule has 0 spiro atoms. The van der Waals surface area contributed by atoms with Gasteiger partial charge in [-0.1, -0.05) is 44.5 Å². The number of hydrogen-bond donors (Lipinski definition) is 1. The average molecular weight is 177 g/mol. The first-order valence-electron chi connectivity index (χ1n) is 5.06. The standard InChI is InChI=1S/C12H19N/c1-3-4-10(2)12-7-5-11(9-13)6-8-12/h5-8,10H,3-4,9,13H2,1-2H3. The van der Waals surface area contributed by atoms with Crippen LogP contribution in [0.5, 0.6) is 0 Å². The third kappa shape index (κ3) is 2.85. The van der Waals surface area contributed by atoms with Crippen LogP contribution in [0.1, 0.15) is 43.7 Å². The van der Waals surface area contributed by atoms with Crippen molar-refractivity contribution < 1.29 is 0 Å². The highest BCUT2D eigenvalue weighted by molar-refractivity contribution is 5.24. The minimum atomic E-state index is 0.641. The summed E-state index contributed by atoms with van der Waals surface area (Å²) < 4.78 is 0. The smallest absolute Gasteiger partial charge is 0.0178 e. The molecule has 0 bridgehead atoms. The maximum absolute atomic E-state index is 5.53. The molecule has 0 radical (unpaired) electrons. The van der Waals surface area contributed by atoms with Gasteiger partial charge in [0.25, 0.3) is 0 Å². The summed E-state index contributed by atoms with van der Waals surface area (Å²) in [5.74, 6) is 0.678. The SMILES string of the molecule is CCCC(C)c1ccc(CN)cc1. The van der Waals surface area contributed by atoms with Gasteiger partial charge in [0.1, 0.15) is 0 Å². The first-order valence-corrected chi connectivity index (χ1v) is 5.06. The predicted molar refractivity (Wildman–Crippen MR) is 57.7 cm³/mol. The molecule has 0 fully saturated rings. The van der Waals surface area contributed by atoms with E-state index in [9.17, 15) is 0 Å². The highest BCUT2D eigenvalue weighted by atomic mass is 14.5. The van der Waals surface area contributed by atoms with Crippen molar-refractivity contribution >= 4 is 0 Å². The molecule has 1 unspecified atom stereocenters. The van der Waals surface area contributed by atoms with Crippen LogP contribution < -0.4 is 5.73 Å². The number of nitrogens with two attached hydrogens (primary N) is 1. The highest BCUT2D eigenvalue weighted by Crippen LogP contribution is 2.20. The van der Waals surface area contributed by atoms with Crippen molar-refractivity contribution in [1.82, 2.24) is 0 Å². The van der Waals surface area contributed by atoms with Crippen LogP contribution in [0.3, 0.4) is 0 Å². The third-order valence-corrected chi connectivity index (χ3v) is 2.51. The molecule has 0 aromatic heterocycles. The summed E-state index contributed by atoms with van der Waals surface area (Å²) in [5, 5.41) is 0. The fraction of sp³-hybridized carbons (Fsp3) is 0.500. The molecule has 1 rings (SSSR count). The van der Waals surface area contributed by atoms with Gasteiger partial charge in [0.2, 0.25) is 0 Å². The van der Waals surface area contributed by atoms with Crippen LogP contribution >= 0.6 is 0 Å². The van der Waals surface area contributed by atoms with Crippen molar-refractivity contribution in [3.8, 4) is 0 Å². The first-order chi connectivity index (χ1) is 6.27. The number of rotatable bonds is 4. The Labute approximate surface area is 81.0 Å². The fourth-order valence-electron chi connectivity index (χ4n) is 1.58. The van der Waals surface area contributed by atoms with Crippen molar-refractivity contribution in [2.75, 3.05) is 0 Å². The summed E-state index contributed by atoms with van der Waals surface area (Å²) in [4.78, 5) is 0. The van der Waals surface area contributed by atoms with Crippen LogP contribution in [0, 0.1) is 0 Å². The molecular formula is C12H19N. The Bertz CT molecular complexity index is 238. The van der Waals surface area contributed by atoms with Crippen LogP contribution in [0.15, 0.2) is 24.3 Å². The quantitative estimate of drug-likeness (QED) is 0.751. The van der Waals surface area contributed by atoms with E-state index in [4.69, 9.17) is 5.73 Å². The molecule has 0 aliphatic rings. The second-order valence-corrected chi connectivity index (χ2v) is 3.64. The monoisotopic (exact) mass is 177 g/mol. The minimum absolute atomic E-state index is 0.641. The van der Waals surface area contributed by atoms with Gasteiger partial charge in [-0.3, -0.25) is 0 Å². The molecule has 1 aromatic rings. The second-order valence-electron chi connectivity index (χ2n) is 3.64. The lowest BCUT2D eigenvalue weighted by atomic mass is 9.96. The zero-order valence-electron chi connectivity index (χ0n) is 8.59. The van der Waals surface area contributed by atoms with Crippen molar-refractivity contribution in [2.45, 2.75) is 39.2 Å². The zero-order chi connectivity index (χ0) is 9.68. The Morgan fingerprint density at radius 3 is 2.31 bits per heavy atom. The summed E-state index contributed by atoms with van der Waals surface area (Å²) in [6.45, 7) is 5.15. The van der Waals surface area contributed by atoms with Gasteiger partial charge in [-0.2, -0.15) is 0 Å². The van der Waals surface area contributed by atoms with Gasteiger partial charge in [-0.25, -0.2) is 0 Å². The van der Waals surface area contributed by atoms with E-state index in [1.54, 1.807) is 0 Å². The molecule has 1 nitrogen and oxygen atoms in total. The Morgan fingerprint density at radius 2 is 1.85 bits per heavy atom. The van der Waals surface area contributed by atoms with E-state index in [-0.39, 0.29) is 0 Å². The summed E-state index contributed by atoms with van der Waals surface area (Å²) in [6, 6.07) is 8.65. The Hall–Kier alpha value is -0.820. The van der Waals surface area contributed by atoms with Crippen LogP contribution in [-0.4, -0.2) is 0 Å². The number of hydrogen-bond acceptors (Lipinski definition) is 1. The van der Waals surface area contributed by atoms with E-state index in [0.29, 0.717) is 12.5 Å². The van der Waals surface area contributed by atoms with Gasteiger partial charge < -0.3 is 5.73 Å². The fourth-order valence-corrected chi connectivity index (χ4v) is 1.58. The Morgan fingerprint density at radius 1 is 1.23 bits per heavy atom. The summed E-state index contributed by atoms with van der Waals surface area (Å²) >= 11 is 0. The normalized spacial score (nSPS) is 12.8. The lowest BCUT2D eigenvalue weighted by molar-refractivity contribution is 0.664. The Balaban J connectivity index is 2.67. The van der Waals surface area contributed by atoms with Crippen LogP contribution in [-0.2, 0) is 6.54 Å². The summed E-state index contributed by atoms with van der Waals surface area (Å²) in [5.41, 5.74) is 8.18. The lowest BCUT2D eigenvalue weighted by Gasteiger charge is -2.10. The molecule has 0 saturated heterocycles. The number of benzene rings is 1. The van der Waals surface area contributed by atoms with Crippen LogP contribution in [0.4, 0.5) is 0 Å². The summed E-state index contributed by atoms with van der Waals surface area (Å²) in [7, 11) is 0. The largest absolute Gasteiger partial charge is 0.326 e. The Kier molecular flexibility index (Phi) is 3.97. The van der Waals surface area contributed by atoms with Crippen molar-refractivity contribution in [3.63, 3.8) is 0 Å². The maximum atomic E-state index is 5.53. The van der Waals surface area contributed by atoms with Crippen LogP contribution in [0.2, 0.25) is 0 Å². The van der Waals surface area contributed by atoms with Gasteiger partial charge in [0.05, 0.1) is 0 Å². The van der Waals surface area contributed by atoms with Gasteiger partial charge in [0, 0.05) is 6.54 Å². The molecule has 1 aromatic carbocycles. The zero-order valence-corrected chi connectivity index (χ0v) is 8.59. The van der Waals surface area contributed by atoms with E-state index >= 15 is 0 Å². The van der Waals surface area contributed by atoms with Crippen molar-refractivity contribution in [1.29, 1.82) is 0 Å². The van der Waals surface area contributed by atoms with E-state index in [2.05, 4.69) is 38.1 Å². The van der Waals surface area contributed by atoms with Crippen LogP contribution in [0.25, 0.3) is 0 Å². The molecule has 0 heterocycles. The maximum Gasteiger partial charge on any atom is 0.0178 e. The highest BCUT2D eigenvalue weighted by Gasteiger charge is 2.02. The summed E-state index contributed by atoms with van der Waals surface area (Å²) in [6.07, 6.45) is 2.52. The molecule has 0 aliphatic heterocycles. The van der Waals surface area contributed by atoms with Crippen molar-refractivity contribution in [2.24, 2.45) is 5.73 Å². The molecular weight excluding hydrogens is 158 g/mol.